The predicted molar refractivity (Wildman–Crippen MR) is 116 cm³/mol. The van der Waals surface area contributed by atoms with E-state index in [2.05, 4.69) is 10.1 Å². The van der Waals surface area contributed by atoms with E-state index >= 15 is 0 Å². The minimum Gasteiger partial charge on any atom is -0.381 e. The molecule has 2 aliphatic rings. The number of nitrogens with zero attached hydrogens (tertiary/aromatic N) is 4. The third kappa shape index (κ3) is 4.12. The minimum atomic E-state index is -0.761. The molecule has 1 atom stereocenters. The molecule has 0 aliphatic carbocycles. The van der Waals surface area contributed by atoms with Gasteiger partial charge >= 0.3 is 0 Å². The molecule has 2 saturated heterocycles. The molecule has 2 aliphatic heterocycles. The maximum absolute atomic E-state index is 14.1. The SMILES string of the molecule is O=C(N1CCOCC(Cc2ccc3nccn3n2)C1)C1(c2cccc(F)c2)CCOCC1. The summed E-state index contributed by atoms with van der Waals surface area (Å²) in [5, 5.41) is 4.63. The average Bonchev–Trinajstić information content (AvgIpc) is 3.16. The molecule has 0 bridgehead atoms. The van der Waals surface area contributed by atoms with Gasteiger partial charge in [-0.15, -0.1) is 0 Å². The van der Waals surface area contributed by atoms with E-state index < -0.39 is 5.41 Å². The number of benzene rings is 1. The van der Waals surface area contributed by atoms with Gasteiger partial charge in [0.2, 0.25) is 5.91 Å². The number of imidazole rings is 1. The lowest BCUT2D eigenvalue weighted by atomic mass is 9.72. The minimum absolute atomic E-state index is 0.0416. The van der Waals surface area contributed by atoms with Gasteiger partial charge in [-0.2, -0.15) is 5.10 Å². The summed E-state index contributed by atoms with van der Waals surface area (Å²) in [6.07, 6.45) is 5.35. The smallest absolute Gasteiger partial charge is 0.233 e. The van der Waals surface area contributed by atoms with Crippen LogP contribution in [0.2, 0.25) is 0 Å². The molecular formula is C24H27FN4O3. The predicted octanol–water partition coefficient (Wildman–Crippen LogP) is 2.63. The van der Waals surface area contributed by atoms with E-state index in [1.54, 1.807) is 16.8 Å². The summed E-state index contributed by atoms with van der Waals surface area (Å²) in [5.41, 5.74) is 1.71. The Morgan fingerprint density at radius 2 is 2.03 bits per heavy atom. The summed E-state index contributed by atoms with van der Waals surface area (Å²) in [6.45, 7) is 3.16. The van der Waals surface area contributed by atoms with Gasteiger partial charge in [0, 0.05) is 44.6 Å². The zero-order valence-corrected chi connectivity index (χ0v) is 18.0. The number of hydrogen-bond donors (Lipinski definition) is 0. The molecule has 3 aromatic rings. The van der Waals surface area contributed by atoms with Crippen molar-refractivity contribution < 1.29 is 18.7 Å². The van der Waals surface area contributed by atoms with Crippen LogP contribution in [0, 0.1) is 11.7 Å². The fourth-order valence-corrected chi connectivity index (χ4v) is 4.88. The lowest BCUT2D eigenvalue weighted by Gasteiger charge is -2.40. The summed E-state index contributed by atoms with van der Waals surface area (Å²) < 4.78 is 27.2. The first-order chi connectivity index (χ1) is 15.6. The highest BCUT2D eigenvalue weighted by molar-refractivity contribution is 5.88. The van der Waals surface area contributed by atoms with Crippen molar-refractivity contribution in [1.82, 2.24) is 19.5 Å². The fourth-order valence-electron chi connectivity index (χ4n) is 4.88. The lowest BCUT2D eigenvalue weighted by molar-refractivity contribution is -0.141. The molecule has 4 heterocycles. The van der Waals surface area contributed by atoms with Crippen molar-refractivity contribution in [3.8, 4) is 0 Å². The van der Waals surface area contributed by atoms with E-state index in [0.29, 0.717) is 58.8 Å². The second-order valence-electron chi connectivity index (χ2n) is 8.66. The topological polar surface area (TPSA) is 69.0 Å². The van der Waals surface area contributed by atoms with Gasteiger partial charge in [-0.3, -0.25) is 4.79 Å². The summed E-state index contributed by atoms with van der Waals surface area (Å²) in [7, 11) is 0. The third-order valence-electron chi connectivity index (χ3n) is 6.57. The number of amides is 1. The number of rotatable bonds is 4. The van der Waals surface area contributed by atoms with Gasteiger partial charge < -0.3 is 14.4 Å². The molecule has 2 fully saturated rings. The van der Waals surface area contributed by atoms with Gasteiger partial charge in [0.1, 0.15) is 5.82 Å². The molecule has 0 spiro atoms. The Labute approximate surface area is 186 Å². The van der Waals surface area contributed by atoms with Crippen LogP contribution in [0.25, 0.3) is 5.65 Å². The van der Waals surface area contributed by atoms with Crippen molar-refractivity contribution in [2.75, 3.05) is 39.5 Å². The first kappa shape index (κ1) is 21.0. The summed E-state index contributed by atoms with van der Waals surface area (Å²) in [4.78, 5) is 20.1. The molecule has 168 valence electrons. The molecule has 5 rings (SSSR count). The molecule has 32 heavy (non-hydrogen) atoms. The van der Waals surface area contributed by atoms with Crippen LogP contribution in [0.3, 0.4) is 0 Å². The van der Waals surface area contributed by atoms with E-state index in [0.717, 1.165) is 16.9 Å². The molecule has 7 nitrogen and oxygen atoms in total. The quantitative estimate of drug-likeness (QED) is 0.627. The molecule has 0 radical (unpaired) electrons. The summed E-state index contributed by atoms with van der Waals surface area (Å²) in [6, 6.07) is 10.4. The van der Waals surface area contributed by atoms with E-state index in [1.165, 1.54) is 12.1 Å². The zero-order chi connectivity index (χ0) is 22.0. The van der Waals surface area contributed by atoms with Gasteiger partial charge in [0.25, 0.3) is 0 Å². The second-order valence-corrected chi connectivity index (χ2v) is 8.66. The number of fused-ring (bicyclic) bond motifs is 1. The Morgan fingerprint density at radius 3 is 2.88 bits per heavy atom. The number of carbonyl (C=O) groups is 1. The Balaban J connectivity index is 1.38. The summed E-state index contributed by atoms with van der Waals surface area (Å²) in [5.74, 6) is -0.154. The Kier molecular flexibility index (Phi) is 5.89. The molecule has 1 unspecified atom stereocenters. The van der Waals surface area contributed by atoms with E-state index in [-0.39, 0.29) is 17.6 Å². The molecule has 8 heteroatoms. The molecule has 1 aromatic carbocycles. The Bertz CT molecular complexity index is 1100. The molecular weight excluding hydrogens is 411 g/mol. The lowest BCUT2D eigenvalue weighted by Crippen LogP contribution is -2.51. The largest absolute Gasteiger partial charge is 0.381 e. The van der Waals surface area contributed by atoms with Crippen molar-refractivity contribution in [2.24, 2.45) is 5.92 Å². The van der Waals surface area contributed by atoms with Crippen molar-refractivity contribution in [3.05, 3.63) is 65.9 Å². The van der Waals surface area contributed by atoms with Gasteiger partial charge in [-0.25, -0.2) is 13.9 Å². The first-order valence-corrected chi connectivity index (χ1v) is 11.1. The van der Waals surface area contributed by atoms with E-state index in [9.17, 15) is 9.18 Å². The van der Waals surface area contributed by atoms with Crippen LogP contribution in [0.15, 0.2) is 48.8 Å². The number of halogens is 1. The van der Waals surface area contributed by atoms with Crippen molar-refractivity contribution in [1.29, 1.82) is 0 Å². The van der Waals surface area contributed by atoms with Crippen molar-refractivity contribution in [2.45, 2.75) is 24.7 Å². The van der Waals surface area contributed by atoms with Crippen LogP contribution in [-0.4, -0.2) is 64.9 Å². The van der Waals surface area contributed by atoms with E-state index in [4.69, 9.17) is 9.47 Å². The average molecular weight is 439 g/mol. The monoisotopic (exact) mass is 438 g/mol. The highest BCUT2D eigenvalue weighted by atomic mass is 19.1. The van der Waals surface area contributed by atoms with Crippen LogP contribution < -0.4 is 0 Å². The second kappa shape index (κ2) is 8.96. The van der Waals surface area contributed by atoms with Gasteiger partial charge in [-0.05, 0) is 49.1 Å². The normalized spacial score (nSPS) is 21.4. The number of carbonyl (C=O) groups excluding carboxylic acids is 1. The highest BCUT2D eigenvalue weighted by Gasteiger charge is 2.44. The van der Waals surface area contributed by atoms with Crippen LogP contribution in [0.5, 0.6) is 0 Å². The Hall–Kier alpha value is -2.84. The van der Waals surface area contributed by atoms with Crippen LogP contribution in [-0.2, 0) is 26.1 Å². The van der Waals surface area contributed by atoms with Gasteiger partial charge in [-0.1, -0.05) is 12.1 Å². The fraction of sp³-hybridized carbons (Fsp3) is 0.458. The maximum Gasteiger partial charge on any atom is 0.233 e. The summed E-state index contributed by atoms with van der Waals surface area (Å²) >= 11 is 0. The number of hydrogen-bond acceptors (Lipinski definition) is 5. The van der Waals surface area contributed by atoms with Crippen molar-refractivity contribution in [3.63, 3.8) is 0 Å². The van der Waals surface area contributed by atoms with Crippen molar-refractivity contribution >= 4 is 11.6 Å². The van der Waals surface area contributed by atoms with Crippen LogP contribution in [0.1, 0.15) is 24.1 Å². The molecule has 1 amide bonds. The number of ether oxygens (including phenoxy) is 2. The molecule has 0 saturated carbocycles. The molecule has 0 N–H and O–H groups in total. The van der Waals surface area contributed by atoms with Gasteiger partial charge in [0.05, 0.1) is 24.3 Å². The maximum atomic E-state index is 14.1. The van der Waals surface area contributed by atoms with Crippen LogP contribution in [0.4, 0.5) is 4.39 Å². The standard InChI is InChI=1S/C24H27FN4O3/c25-20-3-1-2-19(15-20)24(6-11-31-12-7-24)23(30)28-10-13-32-17-18(16-28)14-21-4-5-22-26-8-9-29(22)27-21/h1-5,8-9,15,18H,6-7,10-14,16-17H2. The first-order valence-electron chi connectivity index (χ1n) is 11.1. The third-order valence-corrected chi connectivity index (χ3v) is 6.57. The zero-order valence-electron chi connectivity index (χ0n) is 18.0. The highest BCUT2D eigenvalue weighted by Crippen LogP contribution is 2.37. The molecule has 2 aromatic heterocycles. The Morgan fingerprint density at radius 1 is 1.16 bits per heavy atom. The van der Waals surface area contributed by atoms with Crippen LogP contribution >= 0.6 is 0 Å². The van der Waals surface area contributed by atoms with Gasteiger partial charge in [0.15, 0.2) is 5.65 Å². The number of aromatic nitrogens is 3. The van der Waals surface area contributed by atoms with E-state index in [1.807, 2.05) is 29.3 Å².